The molecule has 0 aliphatic carbocycles. The van der Waals surface area contributed by atoms with Gasteiger partial charge >= 0.3 is 5.97 Å². The Morgan fingerprint density at radius 3 is 2.21 bits per heavy atom. The lowest BCUT2D eigenvalue weighted by Crippen LogP contribution is -2.33. The van der Waals surface area contributed by atoms with E-state index >= 15 is 0 Å². The topological polar surface area (TPSA) is 89.8 Å². The molecule has 1 heterocycles. The number of nitro groups is 1. The van der Waals surface area contributed by atoms with E-state index in [1.807, 2.05) is 47.4 Å². The fourth-order valence-corrected chi connectivity index (χ4v) is 4.09. The summed E-state index contributed by atoms with van der Waals surface area (Å²) in [5.74, 6) is -0.519. The van der Waals surface area contributed by atoms with Crippen molar-refractivity contribution in [2.75, 3.05) is 24.6 Å². The van der Waals surface area contributed by atoms with Gasteiger partial charge in [0.15, 0.2) is 12.4 Å². The highest BCUT2D eigenvalue weighted by Crippen LogP contribution is 2.32. The summed E-state index contributed by atoms with van der Waals surface area (Å²) in [5.41, 5.74) is 2.86. The van der Waals surface area contributed by atoms with E-state index in [1.54, 1.807) is 18.2 Å². The van der Waals surface area contributed by atoms with Crippen molar-refractivity contribution in [3.63, 3.8) is 0 Å². The van der Waals surface area contributed by atoms with Crippen molar-refractivity contribution in [1.82, 2.24) is 0 Å². The van der Waals surface area contributed by atoms with Gasteiger partial charge in [-0.3, -0.25) is 14.9 Å². The predicted octanol–water partition coefficient (Wildman–Crippen LogP) is 5.54. The van der Waals surface area contributed by atoms with Gasteiger partial charge in [0.05, 0.1) is 10.5 Å². The summed E-state index contributed by atoms with van der Waals surface area (Å²) in [6, 6.07) is 21.2. The van der Waals surface area contributed by atoms with E-state index in [0.29, 0.717) is 17.2 Å². The molecule has 0 radical (unpaired) electrons. The summed E-state index contributed by atoms with van der Waals surface area (Å²) in [6.45, 7) is 3.21. The zero-order valence-electron chi connectivity index (χ0n) is 19.0. The molecule has 0 bridgehead atoms. The molecule has 0 amide bonds. The average Bonchev–Trinajstić information content (AvgIpc) is 2.88. The maximum absolute atomic E-state index is 12.5. The monoisotopic (exact) mass is 458 g/mol. The molecule has 0 N–H and O–H groups in total. The standard InChI is InChI=1S/C27H26N2O5/c1-19-13-15-28(16-14-19)24-12-11-23(17-25(24)29(32)33)27(31)34-18-26(30)22-9-7-21(8-10-22)20-5-3-2-4-6-20/h2-12,17,19H,13-16,18H2,1H3. The Balaban J connectivity index is 1.41. The minimum absolute atomic E-state index is 0.0491. The Labute approximate surface area is 198 Å². The number of piperidine rings is 1. The number of nitro benzene ring substituents is 1. The molecule has 174 valence electrons. The third-order valence-electron chi connectivity index (χ3n) is 6.18. The minimum Gasteiger partial charge on any atom is -0.454 e. The van der Waals surface area contributed by atoms with Crippen LogP contribution in [0.1, 0.15) is 40.5 Å². The Bertz CT molecular complexity index is 1180. The summed E-state index contributed by atoms with van der Waals surface area (Å²) in [6.07, 6.45) is 1.94. The molecular formula is C27H26N2O5. The molecule has 0 unspecified atom stereocenters. The molecule has 3 aromatic carbocycles. The molecule has 0 atom stereocenters. The number of carbonyl (C=O) groups is 2. The molecule has 0 aromatic heterocycles. The summed E-state index contributed by atoms with van der Waals surface area (Å²) in [5, 5.41) is 11.7. The van der Waals surface area contributed by atoms with E-state index in [4.69, 9.17) is 4.74 Å². The normalized spacial score (nSPS) is 14.0. The largest absolute Gasteiger partial charge is 0.454 e. The van der Waals surface area contributed by atoms with E-state index in [1.165, 1.54) is 12.1 Å². The lowest BCUT2D eigenvalue weighted by atomic mass is 9.98. The molecular weight excluding hydrogens is 432 g/mol. The first-order valence-corrected chi connectivity index (χ1v) is 11.3. The number of Topliss-reactive ketones (excluding diaryl/α,β-unsaturated/α-hetero) is 1. The van der Waals surface area contributed by atoms with Gasteiger partial charge in [0.1, 0.15) is 5.69 Å². The van der Waals surface area contributed by atoms with Crippen molar-refractivity contribution in [1.29, 1.82) is 0 Å². The van der Waals surface area contributed by atoms with Gasteiger partial charge in [-0.15, -0.1) is 0 Å². The molecule has 0 saturated carbocycles. The van der Waals surface area contributed by atoms with Crippen LogP contribution in [0.3, 0.4) is 0 Å². The summed E-state index contributed by atoms with van der Waals surface area (Å²) in [7, 11) is 0. The van der Waals surface area contributed by atoms with Crippen molar-refractivity contribution in [3.05, 3.63) is 94.0 Å². The first-order valence-electron chi connectivity index (χ1n) is 11.3. The maximum Gasteiger partial charge on any atom is 0.338 e. The molecule has 1 fully saturated rings. The van der Waals surface area contributed by atoms with E-state index < -0.39 is 17.5 Å². The smallest absolute Gasteiger partial charge is 0.338 e. The Hall–Kier alpha value is -4.00. The molecule has 0 spiro atoms. The maximum atomic E-state index is 12.5. The molecule has 1 aliphatic rings. The van der Waals surface area contributed by atoms with Crippen LogP contribution in [0, 0.1) is 16.0 Å². The van der Waals surface area contributed by atoms with Gasteiger partial charge in [0.25, 0.3) is 5.69 Å². The van der Waals surface area contributed by atoms with E-state index in [0.717, 1.165) is 37.1 Å². The highest BCUT2D eigenvalue weighted by molar-refractivity contribution is 6.00. The van der Waals surface area contributed by atoms with Crippen molar-refractivity contribution in [3.8, 4) is 11.1 Å². The van der Waals surface area contributed by atoms with Crippen LogP contribution in [0.4, 0.5) is 11.4 Å². The number of ketones is 1. The van der Waals surface area contributed by atoms with E-state index in [9.17, 15) is 19.7 Å². The molecule has 3 aromatic rings. The number of rotatable bonds is 7. The zero-order valence-corrected chi connectivity index (χ0v) is 19.0. The van der Waals surface area contributed by atoms with Gasteiger partial charge in [-0.25, -0.2) is 4.79 Å². The fraction of sp³-hybridized carbons (Fsp3) is 0.259. The van der Waals surface area contributed by atoms with Crippen molar-refractivity contribution < 1.29 is 19.2 Å². The van der Waals surface area contributed by atoms with Crippen LogP contribution >= 0.6 is 0 Å². The summed E-state index contributed by atoms with van der Waals surface area (Å²) >= 11 is 0. The van der Waals surface area contributed by atoms with Crippen molar-refractivity contribution in [2.45, 2.75) is 19.8 Å². The molecule has 1 aliphatic heterocycles. The number of carbonyl (C=O) groups excluding carboxylic acids is 2. The number of nitrogens with zero attached hydrogens (tertiary/aromatic N) is 2. The van der Waals surface area contributed by atoms with Crippen LogP contribution < -0.4 is 4.90 Å². The van der Waals surface area contributed by atoms with Crippen LogP contribution in [0.25, 0.3) is 11.1 Å². The number of hydrogen-bond acceptors (Lipinski definition) is 6. The van der Waals surface area contributed by atoms with Crippen molar-refractivity contribution >= 4 is 23.1 Å². The van der Waals surface area contributed by atoms with Gasteiger partial charge in [0, 0.05) is 24.7 Å². The molecule has 7 nitrogen and oxygen atoms in total. The number of hydrogen-bond donors (Lipinski definition) is 0. The van der Waals surface area contributed by atoms with Crippen LogP contribution in [-0.4, -0.2) is 36.4 Å². The van der Waals surface area contributed by atoms with Gasteiger partial charge in [0.2, 0.25) is 0 Å². The highest BCUT2D eigenvalue weighted by atomic mass is 16.6. The highest BCUT2D eigenvalue weighted by Gasteiger charge is 2.25. The third-order valence-corrected chi connectivity index (χ3v) is 6.18. The summed E-state index contributed by atoms with van der Waals surface area (Å²) < 4.78 is 5.17. The Kier molecular flexibility index (Phi) is 7.01. The second-order valence-corrected chi connectivity index (χ2v) is 8.57. The van der Waals surface area contributed by atoms with E-state index in [-0.39, 0.29) is 17.0 Å². The number of benzene rings is 3. The van der Waals surface area contributed by atoms with E-state index in [2.05, 4.69) is 6.92 Å². The van der Waals surface area contributed by atoms with Crippen molar-refractivity contribution in [2.24, 2.45) is 5.92 Å². The minimum atomic E-state index is -0.767. The Morgan fingerprint density at radius 2 is 1.56 bits per heavy atom. The number of esters is 1. The second-order valence-electron chi connectivity index (χ2n) is 8.57. The molecule has 4 rings (SSSR count). The third kappa shape index (κ3) is 5.31. The molecule has 7 heteroatoms. The molecule has 1 saturated heterocycles. The summed E-state index contributed by atoms with van der Waals surface area (Å²) in [4.78, 5) is 38.2. The average molecular weight is 459 g/mol. The zero-order chi connectivity index (χ0) is 24.1. The number of ether oxygens (including phenoxy) is 1. The van der Waals surface area contributed by atoms with Crippen LogP contribution in [0.5, 0.6) is 0 Å². The molecule has 34 heavy (non-hydrogen) atoms. The first kappa shape index (κ1) is 23.2. The SMILES string of the molecule is CC1CCN(c2ccc(C(=O)OCC(=O)c3ccc(-c4ccccc4)cc3)cc2[N+](=O)[O-])CC1. The van der Waals surface area contributed by atoms with Crippen LogP contribution in [0.2, 0.25) is 0 Å². The van der Waals surface area contributed by atoms with Gasteiger partial charge in [-0.1, -0.05) is 61.5 Å². The lowest BCUT2D eigenvalue weighted by Gasteiger charge is -2.31. The fourth-order valence-electron chi connectivity index (χ4n) is 4.09. The van der Waals surface area contributed by atoms with Gasteiger partial charge in [-0.05, 0) is 42.0 Å². The number of anilines is 1. The Morgan fingerprint density at radius 1 is 0.941 bits per heavy atom. The van der Waals surface area contributed by atoms with Gasteiger partial charge in [-0.2, -0.15) is 0 Å². The van der Waals surface area contributed by atoms with Gasteiger partial charge < -0.3 is 9.64 Å². The first-order chi connectivity index (χ1) is 16.4. The van der Waals surface area contributed by atoms with Crippen LogP contribution in [-0.2, 0) is 4.74 Å². The second kappa shape index (κ2) is 10.3. The van der Waals surface area contributed by atoms with Crippen LogP contribution in [0.15, 0.2) is 72.8 Å². The predicted molar refractivity (Wildman–Crippen MR) is 130 cm³/mol. The quantitative estimate of drug-likeness (QED) is 0.200. The lowest BCUT2D eigenvalue weighted by molar-refractivity contribution is -0.384.